The lowest BCUT2D eigenvalue weighted by atomic mass is 10.1. The molecule has 0 saturated heterocycles. The van der Waals surface area contributed by atoms with Gasteiger partial charge in [-0.2, -0.15) is 8.42 Å². The van der Waals surface area contributed by atoms with E-state index in [1.54, 1.807) is 0 Å². The zero-order valence-electron chi connectivity index (χ0n) is 13.0. The minimum absolute atomic E-state index is 0.0638. The van der Waals surface area contributed by atoms with E-state index in [2.05, 4.69) is 20.1 Å². The highest BCUT2D eigenvalue weighted by Crippen LogP contribution is 2.36. The summed E-state index contributed by atoms with van der Waals surface area (Å²) in [7, 11) is -3.63. The van der Waals surface area contributed by atoms with Gasteiger partial charge >= 0.3 is 5.69 Å². The standard InChI is InChI=1S/C12H16BrN3O7S/c1-9-10(15(17)18)3-4-11(12(9)16(19)20)14(6-5-13)7-8-23-24(2,21)22/h3-4H,5-8H2,1-2H3. The fraction of sp³-hybridized carbons (Fsp3) is 0.500. The summed E-state index contributed by atoms with van der Waals surface area (Å²) in [6.07, 6.45) is 0.903. The van der Waals surface area contributed by atoms with Crippen LogP contribution in [0.2, 0.25) is 0 Å². The maximum absolute atomic E-state index is 11.4. The molecular weight excluding hydrogens is 410 g/mol. The first-order valence-corrected chi connectivity index (χ1v) is 9.60. The number of hydrogen-bond acceptors (Lipinski definition) is 8. The molecule has 0 atom stereocenters. The van der Waals surface area contributed by atoms with Gasteiger partial charge in [-0.25, -0.2) is 0 Å². The highest BCUT2D eigenvalue weighted by molar-refractivity contribution is 9.09. The van der Waals surface area contributed by atoms with Gasteiger partial charge in [-0.05, 0) is 13.0 Å². The van der Waals surface area contributed by atoms with E-state index in [-0.39, 0.29) is 35.8 Å². The van der Waals surface area contributed by atoms with Gasteiger partial charge < -0.3 is 4.90 Å². The molecule has 0 bridgehead atoms. The van der Waals surface area contributed by atoms with Gasteiger partial charge in [-0.15, -0.1) is 0 Å². The summed E-state index contributed by atoms with van der Waals surface area (Å²) in [5.41, 5.74) is -0.633. The van der Waals surface area contributed by atoms with Gasteiger partial charge in [0.05, 0.1) is 22.7 Å². The molecule has 0 radical (unpaired) electrons. The highest BCUT2D eigenvalue weighted by Gasteiger charge is 2.28. The summed E-state index contributed by atoms with van der Waals surface area (Å²) >= 11 is 3.22. The molecule has 0 fully saturated rings. The molecule has 0 aliphatic carbocycles. The first kappa shape index (κ1) is 20.3. The molecule has 0 aromatic heterocycles. The van der Waals surface area contributed by atoms with E-state index in [0.29, 0.717) is 11.9 Å². The normalized spacial score (nSPS) is 11.3. The van der Waals surface area contributed by atoms with Crippen LogP contribution in [0.5, 0.6) is 0 Å². The molecule has 0 heterocycles. The summed E-state index contributed by atoms with van der Waals surface area (Å²) in [5, 5.41) is 22.8. The van der Waals surface area contributed by atoms with E-state index in [4.69, 9.17) is 0 Å². The molecule has 10 nitrogen and oxygen atoms in total. The van der Waals surface area contributed by atoms with Crippen molar-refractivity contribution in [2.75, 3.05) is 36.2 Å². The Kier molecular flexibility index (Phi) is 7.05. The monoisotopic (exact) mass is 425 g/mol. The molecule has 0 amide bonds. The van der Waals surface area contributed by atoms with E-state index in [0.717, 1.165) is 6.26 Å². The Balaban J connectivity index is 3.24. The van der Waals surface area contributed by atoms with Gasteiger partial charge in [-0.1, -0.05) is 15.9 Å². The molecule has 134 valence electrons. The van der Waals surface area contributed by atoms with Crippen molar-refractivity contribution in [3.05, 3.63) is 37.9 Å². The van der Waals surface area contributed by atoms with Crippen LogP contribution in [0.15, 0.2) is 12.1 Å². The number of halogens is 1. The van der Waals surface area contributed by atoms with Crippen LogP contribution in [0.1, 0.15) is 5.56 Å². The molecular formula is C12H16BrN3O7S. The Morgan fingerprint density at radius 1 is 1.21 bits per heavy atom. The Labute approximate surface area is 147 Å². The summed E-state index contributed by atoms with van der Waals surface area (Å²) < 4.78 is 26.7. The Morgan fingerprint density at radius 3 is 2.29 bits per heavy atom. The van der Waals surface area contributed by atoms with Crippen molar-refractivity contribution in [3.8, 4) is 0 Å². The predicted octanol–water partition coefficient (Wildman–Crippen LogP) is 1.99. The largest absolute Gasteiger partial charge is 0.363 e. The summed E-state index contributed by atoms with van der Waals surface area (Å²) in [5.74, 6) is 0. The zero-order chi connectivity index (χ0) is 18.5. The van der Waals surface area contributed by atoms with Crippen LogP contribution in [0.3, 0.4) is 0 Å². The Morgan fingerprint density at radius 2 is 1.83 bits per heavy atom. The van der Waals surface area contributed by atoms with E-state index in [1.165, 1.54) is 24.0 Å². The van der Waals surface area contributed by atoms with Crippen LogP contribution in [0.25, 0.3) is 0 Å². The van der Waals surface area contributed by atoms with E-state index < -0.39 is 20.0 Å². The average molecular weight is 426 g/mol. The number of alkyl halides is 1. The van der Waals surface area contributed by atoms with Crippen molar-refractivity contribution in [2.45, 2.75) is 6.92 Å². The number of benzene rings is 1. The van der Waals surface area contributed by atoms with Crippen molar-refractivity contribution < 1.29 is 22.4 Å². The maximum atomic E-state index is 11.4. The van der Waals surface area contributed by atoms with E-state index >= 15 is 0 Å². The van der Waals surface area contributed by atoms with Crippen molar-refractivity contribution in [1.82, 2.24) is 0 Å². The zero-order valence-corrected chi connectivity index (χ0v) is 15.4. The second-order valence-electron chi connectivity index (χ2n) is 4.79. The topological polar surface area (TPSA) is 133 Å². The van der Waals surface area contributed by atoms with E-state index in [1.807, 2.05) is 0 Å². The van der Waals surface area contributed by atoms with Gasteiger partial charge in [0.25, 0.3) is 15.8 Å². The molecule has 0 saturated carbocycles. The Bertz CT molecular complexity index is 738. The number of nitro groups is 2. The SMILES string of the molecule is Cc1c([N+](=O)[O-])ccc(N(CCBr)CCOS(C)(=O)=O)c1[N+](=O)[O-]. The highest BCUT2D eigenvalue weighted by atomic mass is 79.9. The smallest absolute Gasteiger partial charge is 0.302 e. The molecule has 0 N–H and O–H groups in total. The lowest BCUT2D eigenvalue weighted by Gasteiger charge is -2.23. The quantitative estimate of drug-likeness (QED) is 0.253. The molecule has 0 aliphatic heterocycles. The van der Waals surface area contributed by atoms with Crippen molar-refractivity contribution in [3.63, 3.8) is 0 Å². The lowest BCUT2D eigenvalue weighted by Crippen LogP contribution is -2.30. The van der Waals surface area contributed by atoms with Gasteiger partial charge in [-0.3, -0.25) is 24.4 Å². The second kappa shape index (κ2) is 8.35. The lowest BCUT2D eigenvalue weighted by molar-refractivity contribution is -0.394. The van der Waals surface area contributed by atoms with Crippen LogP contribution >= 0.6 is 15.9 Å². The van der Waals surface area contributed by atoms with Crippen LogP contribution in [-0.2, 0) is 14.3 Å². The first-order valence-electron chi connectivity index (χ1n) is 6.66. The molecule has 24 heavy (non-hydrogen) atoms. The molecule has 0 aliphatic rings. The van der Waals surface area contributed by atoms with Gasteiger partial charge in [0.2, 0.25) is 0 Å². The summed E-state index contributed by atoms with van der Waals surface area (Å²) in [6, 6.07) is 2.47. The number of nitrogens with zero attached hydrogens (tertiary/aromatic N) is 3. The van der Waals surface area contributed by atoms with Gasteiger partial charge in [0.15, 0.2) is 0 Å². The fourth-order valence-corrected chi connectivity index (χ4v) is 2.92. The average Bonchev–Trinajstić information content (AvgIpc) is 2.43. The molecule has 12 heteroatoms. The molecule has 1 rings (SSSR count). The third-order valence-corrected chi connectivity index (χ3v) is 4.06. The number of anilines is 1. The molecule has 0 unspecified atom stereocenters. The number of rotatable bonds is 9. The molecule has 0 spiro atoms. The van der Waals surface area contributed by atoms with Crippen molar-refractivity contribution in [2.24, 2.45) is 0 Å². The first-order chi connectivity index (χ1) is 11.1. The minimum atomic E-state index is -3.63. The maximum Gasteiger partial charge on any atom is 0.302 e. The summed E-state index contributed by atoms with van der Waals surface area (Å²) in [4.78, 5) is 22.5. The van der Waals surface area contributed by atoms with Crippen molar-refractivity contribution >= 4 is 43.1 Å². The van der Waals surface area contributed by atoms with Gasteiger partial charge in [0, 0.05) is 24.5 Å². The Hall–Kier alpha value is -1.79. The van der Waals surface area contributed by atoms with Crippen LogP contribution in [0, 0.1) is 27.2 Å². The molecule has 1 aromatic carbocycles. The number of hydrogen-bond donors (Lipinski definition) is 0. The third-order valence-electron chi connectivity index (χ3n) is 3.11. The molecule has 1 aromatic rings. The predicted molar refractivity (Wildman–Crippen MR) is 91.3 cm³/mol. The number of nitro benzene ring substituents is 2. The van der Waals surface area contributed by atoms with Crippen LogP contribution in [0.4, 0.5) is 17.1 Å². The fourth-order valence-electron chi connectivity index (χ4n) is 2.11. The summed E-state index contributed by atoms with van der Waals surface area (Å²) in [6.45, 7) is 1.50. The van der Waals surface area contributed by atoms with E-state index in [9.17, 15) is 28.6 Å². The van der Waals surface area contributed by atoms with Crippen LogP contribution < -0.4 is 4.90 Å². The van der Waals surface area contributed by atoms with Gasteiger partial charge in [0.1, 0.15) is 11.3 Å². The second-order valence-corrected chi connectivity index (χ2v) is 7.23. The van der Waals surface area contributed by atoms with Crippen molar-refractivity contribution in [1.29, 1.82) is 0 Å². The van der Waals surface area contributed by atoms with Crippen LogP contribution in [-0.4, -0.2) is 49.5 Å². The minimum Gasteiger partial charge on any atom is -0.363 e. The third kappa shape index (κ3) is 5.39.